The van der Waals surface area contributed by atoms with Gasteiger partial charge in [0.1, 0.15) is 6.04 Å². The SMILES string of the molecule is CCC(C(=O)O)N(C)C(=O)N(CC)C1CC1. The van der Waals surface area contributed by atoms with Crippen LogP contribution in [0.1, 0.15) is 33.1 Å². The molecule has 0 aliphatic heterocycles. The van der Waals surface area contributed by atoms with Crippen LogP contribution in [0.3, 0.4) is 0 Å². The van der Waals surface area contributed by atoms with E-state index in [0.29, 0.717) is 19.0 Å². The summed E-state index contributed by atoms with van der Waals surface area (Å²) >= 11 is 0. The van der Waals surface area contributed by atoms with Gasteiger partial charge in [0.25, 0.3) is 0 Å². The Hall–Kier alpha value is -1.26. The number of nitrogens with zero attached hydrogens (tertiary/aromatic N) is 2. The van der Waals surface area contributed by atoms with E-state index >= 15 is 0 Å². The van der Waals surface area contributed by atoms with Gasteiger partial charge in [0.15, 0.2) is 0 Å². The Bertz CT molecular complexity index is 276. The lowest BCUT2D eigenvalue weighted by atomic mass is 10.2. The van der Waals surface area contributed by atoms with Crippen molar-refractivity contribution in [2.24, 2.45) is 0 Å². The van der Waals surface area contributed by atoms with Crippen LogP contribution in [0.15, 0.2) is 0 Å². The summed E-state index contributed by atoms with van der Waals surface area (Å²) in [4.78, 5) is 26.1. The van der Waals surface area contributed by atoms with Crippen molar-refractivity contribution >= 4 is 12.0 Å². The number of rotatable bonds is 5. The summed E-state index contributed by atoms with van der Waals surface area (Å²) in [6.45, 7) is 4.34. The molecule has 0 aromatic carbocycles. The molecule has 5 nitrogen and oxygen atoms in total. The summed E-state index contributed by atoms with van der Waals surface area (Å²) in [6.07, 6.45) is 2.51. The van der Waals surface area contributed by atoms with Crippen molar-refractivity contribution in [1.29, 1.82) is 0 Å². The molecule has 0 saturated heterocycles. The molecule has 1 atom stereocenters. The van der Waals surface area contributed by atoms with Crippen LogP contribution in [-0.4, -0.2) is 52.6 Å². The average Bonchev–Trinajstić information content (AvgIpc) is 3.03. The van der Waals surface area contributed by atoms with E-state index in [4.69, 9.17) is 5.11 Å². The molecule has 5 heteroatoms. The predicted octanol–water partition coefficient (Wildman–Crippen LogP) is 1.39. The Kier molecular flexibility index (Phi) is 4.15. The number of hydrogen-bond acceptors (Lipinski definition) is 2. The second kappa shape index (κ2) is 5.18. The third-order valence-corrected chi connectivity index (χ3v) is 3.02. The second-order valence-electron chi connectivity index (χ2n) is 4.17. The van der Waals surface area contributed by atoms with Crippen molar-refractivity contribution in [3.05, 3.63) is 0 Å². The molecule has 92 valence electrons. The molecule has 1 rings (SSSR count). The summed E-state index contributed by atoms with van der Waals surface area (Å²) in [5.74, 6) is -0.940. The lowest BCUT2D eigenvalue weighted by Gasteiger charge is -2.30. The number of likely N-dealkylation sites (N-methyl/N-ethyl adjacent to an activating group) is 1. The van der Waals surface area contributed by atoms with Crippen LogP contribution in [0.4, 0.5) is 4.79 Å². The van der Waals surface area contributed by atoms with E-state index in [1.165, 1.54) is 4.90 Å². The molecule has 16 heavy (non-hydrogen) atoms. The third-order valence-electron chi connectivity index (χ3n) is 3.02. The summed E-state index contributed by atoms with van der Waals surface area (Å²) in [7, 11) is 1.57. The van der Waals surface area contributed by atoms with E-state index in [2.05, 4.69) is 0 Å². The van der Waals surface area contributed by atoms with Gasteiger partial charge in [0, 0.05) is 19.6 Å². The number of urea groups is 1. The van der Waals surface area contributed by atoms with Crippen LogP contribution in [0.2, 0.25) is 0 Å². The number of carboxylic acids is 1. The maximum atomic E-state index is 12.0. The van der Waals surface area contributed by atoms with Crippen LogP contribution >= 0.6 is 0 Å². The number of aliphatic carboxylic acids is 1. The number of carbonyl (C=O) groups is 2. The van der Waals surface area contributed by atoms with E-state index in [0.717, 1.165) is 12.8 Å². The molecule has 2 amide bonds. The van der Waals surface area contributed by atoms with E-state index < -0.39 is 12.0 Å². The van der Waals surface area contributed by atoms with Gasteiger partial charge in [0.05, 0.1) is 0 Å². The van der Waals surface area contributed by atoms with Gasteiger partial charge in [-0.3, -0.25) is 0 Å². The number of carbonyl (C=O) groups excluding carboxylic acids is 1. The minimum Gasteiger partial charge on any atom is -0.480 e. The van der Waals surface area contributed by atoms with Gasteiger partial charge in [-0.25, -0.2) is 9.59 Å². The Morgan fingerprint density at radius 3 is 2.25 bits per heavy atom. The first-order valence-corrected chi connectivity index (χ1v) is 5.79. The number of hydrogen-bond donors (Lipinski definition) is 1. The predicted molar refractivity (Wildman–Crippen MR) is 60.3 cm³/mol. The summed E-state index contributed by atoms with van der Waals surface area (Å²) < 4.78 is 0. The molecule has 0 aromatic rings. The molecule has 0 spiro atoms. The van der Waals surface area contributed by atoms with E-state index in [9.17, 15) is 9.59 Å². The highest BCUT2D eigenvalue weighted by Crippen LogP contribution is 2.27. The van der Waals surface area contributed by atoms with Crippen molar-refractivity contribution in [2.45, 2.75) is 45.2 Å². The molecular formula is C11H20N2O3. The highest BCUT2D eigenvalue weighted by molar-refractivity contribution is 5.82. The van der Waals surface area contributed by atoms with Gasteiger partial charge in [-0.2, -0.15) is 0 Å². The fraction of sp³-hybridized carbons (Fsp3) is 0.818. The van der Waals surface area contributed by atoms with Crippen LogP contribution in [-0.2, 0) is 4.79 Å². The normalized spacial score (nSPS) is 16.7. The molecule has 0 bridgehead atoms. The first-order valence-electron chi connectivity index (χ1n) is 5.79. The summed E-state index contributed by atoms with van der Waals surface area (Å²) in [5.41, 5.74) is 0. The smallest absolute Gasteiger partial charge is 0.326 e. The van der Waals surface area contributed by atoms with Gasteiger partial charge in [-0.1, -0.05) is 6.92 Å². The standard InChI is InChI=1S/C11H20N2O3/c1-4-9(10(14)15)12(3)11(16)13(5-2)8-6-7-8/h8-9H,4-7H2,1-3H3,(H,14,15). The third kappa shape index (κ3) is 2.65. The first-order chi connectivity index (χ1) is 7.52. The largest absolute Gasteiger partial charge is 0.480 e. The monoisotopic (exact) mass is 228 g/mol. The lowest BCUT2D eigenvalue weighted by Crippen LogP contribution is -2.49. The van der Waals surface area contributed by atoms with Crippen molar-refractivity contribution in [3.63, 3.8) is 0 Å². The summed E-state index contributed by atoms with van der Waals surface area (Å²) in [6, 6.07) is -0.564. The fourth-order valence-corrected chi connectivity index (χ4v) is 1.89. The second-order valence-corrected chi connectivity index (χ2v) is 4.17. The first kappa shape index (κ1) is 12.8. The quantitative estimate of drug-likeness (QED) is 0.773. The Labute approximate surface area is 96.0 Å². The molecule has 1 aliphatic carbocycles. The Balaban J connectivity index is 2.66. The molecule has 1 aliphatic rings. The highest BCUT2D eigenvalue weighted by Gasteiger charge is 2.35. The van der Waals surface area contributed by atoms with E-state index in [-0.39, 0.29) is 6.03 Å². The number of amides is 2. The molecule has 1 unspecified atom stereocenters. The van der Waals surface area contributed by atoms with Crippen LogP contribution < -0.4 is 0 Å². The number of carboxylic acid groups (broad SMARTS) is 1. The van der Waals surface area contributed by atoms with Crippen LogP contribution in [0, 0.1) is 0 Å². The highest BCUT2D eigenvalue weighted by atomic mass is 16.4. The summed E-state index contributed by atoms with van der Waals surface area (Å²) in [5, 5.41) is 8.99. The van der Waals surface area contributed by atoms with Gasteiger partial charge < -0.3 is 14.9 Å². The van der Waals surface area contributed by atoms with E-state index in [1.807, 2.05) is 6.92 Å². The fourth-order valence-electron chi connectivity index (χ4n) is 1.89. The minimum absolute atomic E-state index is 0.167. The van der Waals surface area contributed by atoms with Gasteiger partial charge in [-0.15, -0.1) is 0 Å². The van der Waals surface area contributed by atoms with Crippen molar-refractivity contribution in [2.75, 3.05) is 13.6 Å². The van der Waals surface area contributed by atoms with Crippen LogP contribution in [0.5, 0.6) is 0 Å². The van der Waals surface area contributed by atoms with Crippen molar-refractivity contribution in [1.82, 2.24) is 9.80 Å². The zero-order valence-corrected chi connectivity index (χ0v) is 10.1. The maximum Gasteiger partial charge on any atom is 0.326 e. The van der Waals surface area contributed by atoms with Gasteiger partial charge >= 0.3 is 12.0 Å². The molecule has 1 N–H and O–H groups in total. The van der Waals surface area contributed by atoms with E-state index in [1.54, 1.807) is 18.9 Å². The van der Waals surface area contributed by atoms with Crippen molar-refractivity contribution in [3.8, 4) is 0 Å². The molecule has 0 radical (unpaired) electrons. The van der Waals surface area contributed by atoms with Gasteiger partial charge in [0.2, 0.25) is 0 Å². The average molecular weight is 228 g/mol. The lowest BCUT2D eigenvalue weighted by molar-refractivity contribution is -0.142. The topological polar surface area (TPSA) is 60.9 Å². The molecule has 0 heterocycles. The molecule has 1 saturated carbocycles. The molecule has 1 fully saturated rings. The molecule has 0 aromatic heterocycles. The Morgan fingerprint density at radius 1 is 1.38 bits per heavy atom. The maximum absolute atomic E-state index is 12.0. The minimum atomic E-state index is -0.940. The molecular weight excluding hydrogens is 208 g/mol. The van der Waals surface area contributed by atoms with Gasteiger partial charge in [-0.05, 0) is 26.2 Å². The van der Waals surface area contributed by atoms with Crippen LogP contribution in [0.25, 0.3) is 0 Å². The Morgan fingerprint density at radius 2 is 1.94 bits per heavy atom. The zero-order chi connectivity index (χ0) is 12.3. The zero-order valence-electron chi connectivity index (χ0n) is 10.1. The van der Waals surface area contributed by atoms with Crippen molar-refractivity contribution < 1.29 is 14.7 Å².